The van der Waals surface area contributed by atoms with Gasteiger partial charge in [0.15, 0.2) is 0 Å². The van der Waals surface area contributed by atoms with Crippen molar-refractivity contribution in [3.63, 3.8) is 0 Å². The topological polar surface area (TPSA) is 66.9 Å². The molecule has 1 aromatic rings. The number of imide groups is 1. The molecule has 0 radical (unpaired) electrons. The van der Waals surface area contributed by atoms with E-state index in [9.17, 15) is 14.4 Å². The highest BCUT2D eigenvalue weighted by atomic mass is 35.5. The van der Waals surface area contributed by atoms with Gasteiger partial charge in [-0.15, -0.1) is 0 Å². The molecule has 3 rings (SSSR count). The van der Waals surface area contributed by atoms with Crippen molar-refractivity contribution in [2.24, 2.45) is 0 Å². The summed E-state index contributed by atoms with van der Waals surface area (Å²) in [4.78, 5) is 40.1. The molecule has 27 heavy (non-hydrogen) atoms. The van der Waals surface area contributed by atoms with Gasteiger partial charge in [0, 0.05) is 18.1 Å². The van der Waals surface area contributed by atoms with Crippen molar-refractivity contribution in [2.75, 3.05) is 19.6 Å². The molecule has 0 bridgehead atoms. The van der Waals surface area contributed by atoms with Crippen LogP contribution in [0.1, 0.15) is 54.3 Å². The Morgan fingerprint density at radius 2 is 1.74 bits per heavy atom. The minimum absolute atomic E-state index is 0.0192. The number of nitrogens with zero attached hydrogens (tertiary/aromatic N) is 2. The summed E-state index contributed by atoms with van der Waals surface area (Å²) in [5.74, 6) is -0.677. The first-order valence-corrected chi connectivity index (χ1v) is 9.35. The molecule has 0 aliphatic carbocycles. The number of fused-ring (bicyclic) bond motifs is 1. The molecule has 2 aliphatic heterocycles. The second-order valence-corrected chi connectivity index (χ2v) is 8.21. The highest BCUT2D eigenvalue weighted by molar-refractivity contribution is 6.31. The second kappa shape index (κ2) is 7.35. The van der Waals surface area contributed by atoms with E-state index in [1.165, 1.54) is 0 Å². The predicted molar refractivity (Wildman–Crippen MR) is 102 cm³/mol. The Balaban J connectivity index is 1.72. The lowest BCUT2D eigenvalue weighted by Gasteiger charge is -2.32. The van der Waals surface area contributed by atoms with Crippen molar-refractivity contribution in [1.82, 2.24) is 9.80 Å². The summed E-state index contributed by atoms with van der Waals surface area (Å²) >= 11 is 6.47. The number of hydrogen-bond acceptors (Lipinski definition) is 4. The van der Waals surface area contributed by atoms with E-state index >= 15 is 0 Å². The second-order valence-electron chi connectivity index (χ2n) is 7.76. The lowest BCUT2D eigenvalue weighted by atomic mass is 10.0. The van der Waals surface area contributed by atoms with Gasteiger partial charge in [-0.1, -0.05) is 23.7 Å². The molecule has 0 N–H and O–H groups in total. The molecule has 7 heteroatoms. The monoisotopic (exact) mass is 390 g/mol. The van der Waals surface area contributed by atoms with Crippen molar-refractivity contribution >= 4 is 29.5 Å². The molecule has 0 spiro atoms. The third-order valence-corrected chi connectivity index (χ3v) is 4.89. The average Bonchev–Trinajstić information content (AvgIpc) is 2.86. The number of rotatable bonds is 2. The van der Waals surface area contributed by atoms with Crippen molar-refractivity contribution in [3.05, 3.63) is 46.0 Å². The molecule has 0 unspecified atom stereocenters. The third-order valence-electron chi connectivity index (χ3n) is 4.50. The first kappa shape index (κ1) is 19.4. The molecular weight excluding hydrogens is 368 g/mol. The van der Waals surface area contributed by atoms with Crippen LogP contribution in [0.5, 0.6) is 0 Å². The lowest BCUT2D eigenvalue weighted by Crippen LogP contribution is -2.41. The van der Waals surface area contributed by atoms with E-state index in [1.807, 2.05) is 20.8 Å². The highest BCUT2D eigenvalue weighted by Gasteiger charge is 2.36. The van der Waals surface area contributed by atoms with Crippen LogP contribution in [0.25, 0.3) is 0 Å². The van der Waals surface area contributed by atoms with Gasteiger partial charge < -0.3 is 9.64 Å². The first-order chi connectivity index (χ1) is 12.7. The summed E-state index contributed by atoms with van der Waals surface area (Å²) in [6, 6.07) is 6.74. The normalized spacial score (nSPS) is 19.3. The van der Waals surface area contributed by atoms with E-state index in [-0.39, 0.29) is 24.5 Å². The van der Waals surface area contributed by atoms with Crippen molar-refractivity contribution in [1.29, 1.82) is 0 Å². The number of benzene rings is 1. The van der Waals surface area contributed by atoms with E-state index in [0.717, 1.165) is 23.3 Å². The average molecular weight is 391 g/mol. The van der Waals surface area contributed by atoms with Crippen molar-refractivity contribution in [2.45, 2.75) is 39.2 Å². The summed E-state index contributed by atoms with van der Waals surface area (Å²) in [5, 5.41) is 0.428. The standard InChI is InChI=1S/C20H23ClN2O4/c1-20(2,3)27-19(26)22-10-6-7-13(11-22)16(21)12-23-17(24)14-8-4-5-9-15(14)18(23)25/h4-5,8-9H,6-7,10-12H2,1-3H3. The predicted octanol–water partition coefficient (Wildman–Crippen LogP) is 3.81. The zero-order chi connectivity index (χ0) is 19.8. The van der Waals surface area contributed by atoms with E-state index in [0.29, 0.717) is 29.2 Å². The zero-order valence-electron chi connectivity index (χ0n) is 15.8. The summed E-state index contributed by atoms with van der Waals surface area (Å²) in [7, 11) is 0. The van der Waals surface area contributed by atoms with Crippen LogP contribution >= 0.6 is 11.6 Å². The number of likely N-dealkylation sites (tertiary alicyclic amines) is 1. The van der Waals surface area contributed by atoms with Crippen molar-refractivity contribution in [3.8, 4) is 0 Å². The zero-order valence-corrected chi connectivity index (χ0v) is 16.5. The Labute approximate surface area is 163 Å². The molecule has 2 aliphatic rings. The maximum Gasteiger partial charge on any atom is 0.410 e. The number of carbonyl (C=O) groups is 3. The van der Waals surface area contributed by atoms with Gasteiger partial charge in [-0.25, -0.2) is 4.79 Å². The minimum atomic E-state index is -0.567. The van der Waals surface area contributed by atoms with Gasteiger partial charge in [0.25, 0.3) is 11.8 Å². The maximum absolute atomic E-state index is 12.5. The number of halogens is 1. The van der Waals surface area contributed by atoms with Crippen LogP contribution < -0.4 is 0 Å². The number of hydrogen-bond donors (Lipinski definition) is 0. The molecule has 2 heterocycles. The van der Waals surface area contributed by atoms with Gasteiger partial charge in [-0.3, -0.25) is 14.5 Å². The van der Waals surface area contributed by atoms with Crippen LogP contribution in [0.4, 0.5) is 4.79 Å². The fraction of sp³-hybridized carbons (Fsp3) is 0.450. The fourth-order valence-corrected chi connectivity index (χ4v) is 3.48. The molecule has 3 amide bonds. The van der Waals surface area contributed by atoms with Crippen LogP contribution in [-0.2, 0) is 4.74 Å². The Morgan fingerprint density at radius 1 is 1.15 bits per heavy atom. The van der Waals surface area contributed by atoms with E-state index in [4.69, 9.17) is 16.3 Å². The SMILES string of the molecule is CC(C)(C)OC(=O)N1CCCC(=C(Cl)CN2C(=O)c3ccccc3C2=O)C1. The Morgan fingerprint density at radius 3 is 2.30 bits per heavy atom. The Kier molecular flexibility index (Phi) is 5.29. The van der Waals surface area contributed by atoms with Crippen LogP contribution in [0.3, 0.4) is 0 Å². The molecular formula is C20H23ClN2O4. The van der Waals surface area contributed by atoms with Gasteiger partial charge in [-0.05, 0) is 51.3 Å². The van der Waals surface area contributed by atoms with Crippen LogP contribution in [0, 0.1) is 0 Å². The highest BCUT2D eigenvalue weighted by Crippen LogP contribution is 2.28. The summed E-state index contributed by atoms with van der Waals surface area (Å²) in [6.07, 6.45) is 1.10. The molecule has 0 saturated carbocycles. The third kappa shape index (κ3) is 4.16. The van der Waals surface area contributed by atoms with E-state index in [2.05, 4.69) is 0 Å². The van der Waals surface area contributed by atoms with E-state index in [1.54, 1.807) is 29.2 Å². The summed E-state index contributed by atoms with van der Waals surface area (Å²) < 4.78 is 5.42. The molecule has 6 nitrogen and oxygen atoms in total. The van der Waals surface area contributed by atoms with Gasteiger partial charge in [0.05, 0.1) is 17.7 Å². The molecule has 0 atom stereocenters. The van der Waals surface area contributed by atoms with Crippen molar-refractivity contribution < 1.29 is 19.1 Å². The van der Waals surface area contributed by atoms with Gasteiger partial charge in [0.1, 0.15) is 5.60 Å². The lowest BCUT2D eigenvalue weighted by molar-refractivity contribution is 0.0245. The van der Waals surface area contributed by atoms with Crippen LogP contribution in [0.2, 0.25) is 0 Å². The quantitative estimate of drug-likeness (QED) is 0.720. The van der Waals surface area contributed by atoms with Gasteiger partial charge >= 0.3 is 6.09 Å². The smallest absolute Gasteiger partial charge is 0.410 e. The van der Waals surface area contributed by atoms with Gasteiger partial charge in [0.2, 0.25) is 0 Å². The molecule has 1 fully saturated rings. The molecule has 144 valence electrons. The number of carbonyl (C=O) groups excluding carboxylic acids is 3. The minimum Gasteiger partial charge on any atom is -0.444 e. The van der Waals surface area contributed by atoms with E-state index < -0.39 is 5.60 Å². The first-order valence-electron chi connectivity index (χ1n) is 8.97. The Bertz CT molecular complexity index is 791. The summed E-state index contributed by atoms with van der Waals surface area (Å²) in [6.45, 7) is 6.42. The molecule has 1 saturated heterocycles. The largest absolute Gasteiger partial charge is 0.444 e. The van der Waals surface area contributed by atoms with Gasteiger partial charge in [-0.2, -0.15) is 0 Å². The van der Waals surface area contributed by atoms with Crippen LogP contribution in [0.15, 0.2) is 34.9 Å². The molecule has 0 aromatic heterocycles. The summed E-state index contributed by atoms with van der Waals surface area (Å²) in [5.41, 5.74) is 1.08. The maximum atomic E-state index is 12.5. The molecule has 1 aromatic carbocycles. The number of ether oxygens (including phenoxy) is 1. The fourth-order valence-electron chi connectivity index (χ4n) is 3.21. The Hall–Kier alpha value is -2.34. The van der Waals surface area contributed by atoms with Crippen LogP contribution in [-0.4, -0.2) is 52.9 Å². The number of amides is 3. The number of piperidine rings is 1.